The van der Waals surface area contributed by atoms with Gasteiger partial charge in [0.05, 0.1) is 11.9 Å². The van der Waals surface area contributed by atoms with Crippen molar-refractivity contribution < 1.29 is 9.59 Å². The Morgan fingerprint density at radius 1 is 1.37 bits per heavy atom. The summed E-state index contributed by atoms with van der Waals surface area (Å²) in [5.74, 6) is -0.273. The maximum Gasteiger partial charge on any atom is 0.252 e. The number of piperazine rings is 1. The number of hydrogen-bond acceptors (Lipinski definition) is 3. The number of hydrogen-bond donors (Lipinski definition) is 1. The quantitative estimate of drug-likeness (QED) is 0.869. The SMILES string of the molecule is CC1C(=O)NC(C)(C)C(=O)N1c1cnn(C(C)C)c1. The molecule has 1 unspecified atom stereocenters. The smallest absolute Gasteiger partial charge is 0.252 e. The molecule has 1 N–H and O–H groups in total. The van der Waals surface area contributed by atoms with Gasteiger partial charge in [-0.1, -0.05) is 0 Å². The van der Waals surface area contributed by atoms with E-state index in [1.807, 2.05) is 13.8 Å². The fourth-order valence-corrected chi connectivity index (χ4v) is 2.14. The molecular formula is C13H20N4O2. The number of amides is 2. The number of aromatic nitrogens is 2. The minimum Gasteiger partial charge on any atom is -0.340 e. The van der Waals surface area contributed by atoms with Crippen LogP contribution in [0.3, 0.4) is 0 Å². The van der Waals surface area contributed by atoms with Crippen LogP contribution >= 0.6 is 0 Å². The van der Waals surface area contributed by atoms with Gasteiger partial charge >= 0.3 is 0 Å². The largest absolute Gasteiger partial charge is 0.340 e. The summed E-state index contributed by atoms with van der Waals surface area (Å²) in [5, 5.41) is 6.95. The van der Waals surface area contributed by atoms with E-state index in [0.29, 0.717) is 5.69 Å². The number of carbonyl (C=O) groups is 2. The van der Waals surface area contributed by atoms with Crippen molar-refractivity contribution in [3.05, 3.63) is 12.4 Å². The number of nitrogens with one attached hydrogen (secondary N) is 1. The summed E-state index contributed by atoms with van der Waals surface area (Å²) in [6.45, 7) is 9.15. The van der Waals surface area contributed by atoms with Crippen molar-refractivity contribution in [1.82, 2.24) is 15.1 Å². The summed E-state index contributed by atoms with van der Waals surface area (Å²) in [6.07, 6.45) is 3.43. The molecular weight excluding hydrogens is 244 g/mol. The van der Waals surface area contributed by atoms with Crippen molar-refractivity contribution in [3.8, 4) is 0 Å². The predicted octanol–water partition coefficient (Wildman–Crippen LogP) is 1.09. The van der Waals surface area contributed by atoms with Gasteiger partial charge in [-0.2, -0.15) is 5.10 Å². The van der Waals surface area contributed by atoms with E-state index >= 15 is 0 Å². The highest BCUT2D eigenvalue weighted by Gasteiger charge is 2.44. The van der Waals surface area contributed by atoms with E-state index in [1.165, 1.54) is 4.90 Å². The predicted molar refractivity (Wildman–Crippen MR) is 71.8 cm³/mol. The van der Waals surface area contributed by atoms with Crippen molar-refractivity contribution in [2.45, 2.75) is 52.2 Å². The number of rotatable bonds is 2. The normalized spacial score (nSPS) is 22.8. The Morgan fingerprint density at radius 3 is 2.53 bits per heavy atom. The Bertz CT molecular complexity index is 518. The van der Waals surface area contributed by atoms with E-state index in [1.54, 1.807) is 37.8 Å². The molecule has 1 fully saturated rings. The van der Waals surface area contributed by atoms with Crippen molar-refractivity contribution in [3.63, 3.8) is 0 Å². The van der Waals surface area contributed by atoms with Crippen LogP contribution in [0.25, 0.3) is 0 Å². The molecule has 104 valence electrons. The maximum atomic E-state index is 12.5. The van der Waals surface area contributed by atoms with Crippen LogP contribution < -0.4 is 10.2 Å². The van der Waals surface area contributed by atoms with Gasteiger partial charge < -0.3 is 5.32 Å². The maximum absolute atomic E-state index is 12.5. The van der Waals surface area contributed by atoms with Gasteiger partial charge in [-0.15, -0.1) is 0 Å². The summed E-state index contributed by atoms with van der Waals surface area (Å²) in [5.41, 5.74) is -0.224. The van der Waals surface area contributed by atoms with E-state index in [4.69, 9.17) is 0 Å². The minimum absolute atomic E-state index is 0.122. The average Bonchev–Trinajstić information content (AvgIpc) is 2.76. The molecule has 1 aromatic heterocycles. The zero-order chi connectivity index (χ0) is 14.4. The molecule has 2 heterocycles. The van der Waals surface area contributed by atoms with Gasteiger partial charge in [0.2, 0.25) is 5.91 Å². The van der Waals surface area contributed by atoms with Crippen LogP contribution in [0.1, 0.15) is 40.7 Å². The lowest BCUT2D eigenvalue weighted by Crippen LogP contribution is -2.67. The molecule has 0 saturated carbocycles. The summed E-state index contributed by atoms with van der Waals surface area (Å²) in [6, 6.07) is -0.309. The molecule has 2 amide bonds. The standard InChI is InChI=1S/C13H20N4O2/c1-8(2)16-7-10(6-14-16)17-9(3)11(18)15-13(4,5)12(17)19/h6-9H,1-5H3,(H,15,18). The van der Waals surface area contributed by atoms with Gasteiger partial charge in [0.15, 0.2) is 0 Å². The van der Waals surface area contributed by atoms with Gasteiger partial charge in [-0.3, -0.25) is 19.2 Å². The zero-order valence-corrected chi connectivity index (χ0v) is 12.0. The van der Waals surface area contributed by atoms with Crippen LogP contribution in [0.4, 0.5) is 5.69 Å². The van der Waals surface area contributed by atoms with E-state index in [9.17, 15) is 9.59 Å². The Labute approximate surface area is 112 Å². The molecule has 1 saturated heterocycles. The van der Waals surface area contributed by atoms with E-state index in [0.717, 1.165) is 0 Å². The fraction of sp³-hybridized carbons (Fsp3) is 0.615. The topological polar surface area (TPSA) is 67.2 Å². The highest BCUT2D eigenvalue weighted by Crippen LogP contribution is 2.25. The van der Waals surface area contributed by atoms with E-state index in [-0.39, 0.29) is 17.9 Å². The number of carbonyl (C=O) groups excluding carboxylic acids is 2. The second-order valence-electron chi connectivity index (χ2n) is 5.74. The highest BCUT2D eigenvalue weighted by atomic mass is 16.2. The second kappa shape index (κ2) is 4.36. The molecule has 1 aromatic rings. The first kappa shape index (κ1) is 13.6. The first-order valence-corrected chi connectivity index (χ1v) is 6.44. The Kier molecular flexibility index (Phi) is 3.12. The van der Waals surface area contributed by atoms with E-state index < -0.39 is 11.6 Å². The first-order valence-electron chi connectivity index (χ1n) is 6.44. The second-order valence-corrected chi connectivity index (χ2v) is 5.74. The molecule has 19 heavy (non-hydrogen) atoms. The molecule has 0 spiro atoms. The Balaban J connectivity index is 2.39. The van der Waals surface area contributed by atoms with Crippen LogP contribution in [-0.2, 0) is 9.59 Å². The monoisotopic (exact) mass is 264 g/mol. The van der Waals surface area contributed by atoms with Crippen LogP contribution in [0.5, 0.6) is 0 Å². The lowest BCUT2D eigenvalue weighted by molar-refractivity contribution is -0.136. The van der Waals surface area contributed by atoms with Crippen LogP contribution in [0, 0.1) is 0 Å². The van der Waals surface area contributed by atoms with Crippen LogP contribution in [-0.4, -0.2) is 33.2 Å². The molecule has 1 atom stereocenters. The van der Waals surface area contributed by atoms with Gasteiger partial charge in [0, 0.05) is 12.2 Å². The highest BCUT2D eigenvalue weighted by molar-refractivity contribution is 6.10. The first-order chi connectivity index (χ1) is 8.74. The third-order valence-electron chi connectivity index (χ3n) is 3.35. The number of anilines is 1. The third-order valence-corrected chi connectivity index (χ3v) is 3.35. The van der Waals surface area contributed by atoms with Crippen molar-refractivity contribution in [2.24, 2.45) is 0 Å². The Hall–Kier alpha value is -1.85. The molecule has 1 aliphatic heterocycles. The summed E-state index contributed by atoms with van der Waals surface area (Å²) < 4.78 is 1.77. The summed E-state index contributed by atoms with van der Waals surface area (Å²) in [4.78, 5) is 25.9. The summed E-state index contributed by atoms with van der Waals surface area (Å²) >= 11 is 0. The minimum atomic E-state index is -0.885. The zero-order valence-electron chi connectivity index (χ0n) is 12.0. The fourth-order valence-electron chi connectivity index (χ4n) is 2.14. The lowest BCUT2D eigenvalue weighted by atomic mass is 9.97. The average molecular weight is 264 g/mol. The van der Waals surface area contributed by atoms with Crippen LogP contribution in [0.15, 0.2) is 12.4 Å². The van der Waals surface area contributed by atoms with E-state index in [2.05, 4.69) is 10.4 Å². The number of nitrogens with zero attached hydrogens (tertiary/aromatic N) is 3. The van der Waals surface area contributed by atoms with Gasteiger partial charge in [-0.05, 0) is 34.6 Å². The molecule has 2 rings (SSSR count). The van der Waals surface area contributed by atoms with Crippen molar-refractivity contribution in [2.75, 3.05) is 4.90 Å². The molecule has 1 aliphatic rings. The summed E-state index contributed by atoms with van der Waals surface area (Å²) in [7, 11) is 0. The molecule has 0 aromatic carbocycles. The third kappa shape index (κ3) is 2.22. The van der Waals surface area contributed by atoms with Gasteiger partial charge in [0.25, 0.3) is 5.91 Å². The Morgan fingerprint density at radius 2 is 2.00 bits per heavy atom. The van der Waals surface area contributed by atoms with Gasteiger partial charge in [0.1, 0.15) is 11.6 Å². The molecule has 0 bridgehead atoms. The molecule has 0 radical (unpaired) electrons. The van der Waals surface area contributed by atoms with Crippen molar-refractivity contribution >= 4 is 17.5 Å². The molecule has 6 nitrogen and oxygen atoms in total. The molecule has 0 aliphatic carbocycles. The van der Waals surface area contributed by atoms with Crippen LogP contribution in [0.2, 0.25) is 0 Å². The molecule has 6 heteroatoms. The van der Waals surface area contributed by atoms with Crippen molar-refractivity contribution in [1.29, 1.82) is 0 Å². The van der Waals surface area contributed by atoms with Gasteiger partial charge in [-0.25, -0.2) is 0 Å². The lowest BCUT2D eigenvalue weighted by Gasteiger charge is -2.40.